The van der Waals surface area contributed by atoms with Crippen molar-refractivity contribution in [2.75, 3.05) is 31.6 Å². The molecule has 2 amide bonds. The van der Waals surface area contributed by atoms with Crippen LogP contribution in [0.25, 0.3) is 0 Å². The number of likely N-dealkylation sites (tertiary alicyclic amines) is 1. The summed E-state index contributed by atoms with van der Waals surface area (Å²) < 4.78 is 12.8. The van der Waals surface area contributed by atoms with Crippen LogP contribution in [0.1, 0.15) is 23.2 Å². The number of benzene rings is 1. The molecule has 120 valence electrons. The number of piperidine rings is 1. The number of hydrogen-bond donors (Lipinski definition) is 1. The topological polar surface area (TPSA) is 49.4 Å². The smallest absolute Gasteiger partial charge is 0.251 e. The second-order valence-electron chi connectivity index (χ2n) is 5.50. The normalized spacial score (nSPS) is 18.1. The summed E-state index contributed by atoms with van der Waals surface area (Å²) in [6.45, 7) is 2.05. The summed E-state index contributed by atoms with van der Waals surface area (Å²) in [4.78, 5) is 25.8. The van der Waals surface area contributed by atoms with Crippen molar-refractivity contribution in [3.63, 3.8) is 0 Å². The molecule has 0 bridgehead atoms. The van der Waals surface area contributed by atoms with E-state index in [4.69, 9.17) is 0 Å². The molecule has 0 aromatic heterocycles. The van der Waals surface area contributed by atoms with Gasteiger partial charge in [0.1, 0.15) is 5.82 Å². The summed E-state index contributed by atoms with van der Waals surface area (Å²) in [7, 11) is 0. The van der Waals surface area contributed by atoms with E-state index in [1.165, 1.54) is 36.0 Å². The Morgan fingerprint density at radius 3 is 2.77 bits per heavy atom. The Hall–Kier alpha value is -1.56. The third-order valence-corrected chi connectivity index (χ3v) is 4.33. The van der Waals surface area contributed by atoms with Gasteiger partial charge < -0.3 is 10.2 Å². The van der Waals surface area contributed by atoms with E-state index in [0.717, 1.165) is 19.4 Å². The van der Waals surface area contributed by atoms with E-state index in [1.54, 1.807) is 0 Å². The molecule has 0 aliphatic carbocycles. The summed E-state index contributed by atoms with van der Waals surface area (Å²) in [5.41, 5.74) is 0.451. The zero-order chi connectivity index (χ0) is 15.9. The monoisotopic (exact) mass is 324 g/mol. The zero-order valence-corrected chi connectivity index (χ0v) is 13.5. The number of nitrogens with zero attached hydrogens (tertiary/aromatic N) is 1. The molecule has 1 aromatic rings. The maximum atomic E-state index is 12.8. The Kier molecular flexibility index (Phi) is 6.24. The molecule has 1 aliphatic rings. The lowest BCUT2D eigenvalue weighted by Gasteiger charge is -2.32. The zero-order valence-electron chi connectivity index (χ0n) is 12.7. The molecule has 1 N–H and O–H groups in total. The van der Waals surface area contributed by atoms with Crippen LogP contribution in [0.15, 0.2) is 24.3 Å². The van der Waals surface area contributed by atoms with Gasteiger partial charge in [0.25, 0.3) is 5.91 Å². The molecule has 0 saturated carbocycles. The summed E-state index contributed by atoms with van der Waals surface area (Å²) >= 11 is 1.53. The van der Waals surface area contributed by atoms with Crippen molar-refractivity contribution in [3.05, 3.63) is 35.6 Å². The predicted octanol–water partition coefficient (Wildman–Crippen LogP) is 2.16. The van der Waals surface area contributed by atoms with Gasteiger partial charge in [-0.3, -0.25) is 9.59 Å². The third-order valence-electron chi connectivity index (χ3n) is 3.80. The number of thioether (sulfide) groups is 1. The molecule has 6 heteroatoms. The molecule has 1 aliphatic heterocycles. The first-order chi connectivity index (χ1) is 10.6. The fourth-order valence-electron chi connectivity index (χ4n) is 2.61. The number of carbonyl (C=O) groups is 2. The van der Waals surface area contributed by atoms with Crippen LogP contribution in [0.2, 0.25) is 0 Å². The Bertz CT molecular complexity index is 521. The fourth-order valence-corrected chi connectivity index (χ4v) is 3.04. The van der Waals surface area contributed by atoms with Crippen LogP contribution in [0, 0.1) is 11.7 Å². The lowest BCUT2D eigenvalue weighted by molar-refractivity contribution is -0.130. The van der Waals surface area contributed by atoms with Gasteiger partial charge in [-0.05, 0) is 49.3 Å². The second kappa shape index (κ2) is 8.17. The van der Waals surface area contributed by atoms with Crippen LogP contribution in [0.3, 0.4) is 0 Å². The minimum Gasteiger partial charge on any atom is -0.352 e. The molecular formula is C16H21FN2O2S. The van der Waals surface area contributed by atoms with Crippen molar-refractivity contribution in [3.8, 4) is 0 Å². The maximum absolute atomic E-state index is 12.8. The number of rotatable bonds is 5. The van der Waals surface area contributed by atoms with Gasteiger partial charge in [0.05, 0.1) is 5.75 Å². The highest BCUT2D eigenvalue weighted by Crippen LogP contribution is 2.17. The van der Waals surface area contributed by atoms with E-state index < -0.39 is 0 Å². The highest BCUT2D eigenvalue weighted by atomic mass is 32.2. The molecule has 22 heavy (non-hydrogen) atoms. The number of halogens is 1. The van der Waals surface area contributed by atoms with Crippen LogP contribution in [-0.2, 0) is 4.79 Å². The maximum Gasteiger partial charge on any atom is 0.251 e. The fraction of sp³-hybridized carbons (Fsp3) is 0.500. The quantitative estimate of drug-likeness (QED) is 0.903. The van der Waals surface area contributed by atoms with Crippen molar-refractivity contribution in [1.29, 1.82) is 0 Å². The van der Waals surface area contributed by atoms with Crippen molar-refractivity contribution in [1.82, 2.24) is 10.2 Å². The lowest BCUT2D eigenvalue weighted by Crippen LogP contribution is -2.44. The molecule has 0 radical (unpaired) electrons. The number of carbonyl (C=O) groups excluding carboxylic acids is 2. The number of nitrogens with one attached hydrogen (secondary N) is 1. The van der Waals surface area contributed by atoms with Gasteiger partial charge in [0.15, 0.2) is 0 Å². The minimum absolute atomic E-state index is 0.169. The van der Waals surface area contributed by atoms with Crippen molar-refractivity contribution in [2.45, 2.75) is 12.8 Å². The average Bonchev–Trinajstić information content (AvgIpc) is 2.54. The SMILES string of the molecule is CSCC(=O)N1CCC[C@@H](CNC(=O)c2ccc(F)cc2)C1. The van der Waals surface area contributed by atoms with Gasteiger partial charge in [-0.1, -0.05) is 0 Å². The Balaban J connectivity index is 1.82. The van der Waals surface area contributed by atoms with Gasteiger partial charge in [0, 0.05) is 25.2 Å². The van der Waals surface area contributed by atoms with E-state index in [9.17, 15) is 14.0 Å². The highest BCUT2D eigenvalue weighted by Gasteiger charge is 2.23. The minimum atomic E-state index is -0.355. The van der Waals surface area contributed by atoms with E-state index in [2.05, 4.69) is 5.32 Å². The van der Waals surface area contributed by atoms with E-state index in [1.807, 2.05) is 11.2 Å². The van der Waals surface area contributed by atoms with Crippen molar-refractivity contribution >= 4 is 23.6 Å². The van der Waals surface area contributed by atoms with Gasteiger partial charge in [-0.15, -0.1) is 0 Å². The van der Waals surface area contributed by atoms with Crippen LogP contribution < -0.4 is 5.32 Å². The summed E-state index contributed by atoms with van der Waals surface area (Å²) in [5.74, 6) is 0.402. The van der Waals surface area contributed by atoms with E-state index >= 15 is 0 Å². The molecule has 1 atom stereocenters. The van der Waals surface area contributed by atoms with Crippen molar-refractivity contribution < 1.29 is 14.0 Å². The van der Waals surface area contributed by atoms with Gasteiger partial charge in [0.2, 0.25) is 5.91 Å². The van der Waals surface area contributed by atoms with Gasteiger partial charge >= 0.3 is 0 Å². The van der Waals surface area contributed by atoms with Gasteiger partial charge in [-0.2, -0.15) is 11.8 Å². The molecule has 1 fully saturated rings. The molecule has 0 unspecified atom stereocenters. The number of hydrogen-bond acceptors (Lipinski definition) is 3. The van der Waals surface area contributed by atoms with Crippen molar-refractivity contribution in [2.24, 2.45) is 5.92 Å². The predicted molar refractivity (Wildman–Crippen MR) is 86.4 cm³/mol. The first-order valence-corrected chi connectivity index (χ1v) is 8.80. The van der Waals surface area contributed by atoms with Crippen LogP contribution in [0.5, 0.6) is 0 Å². The Morgan fingerprint density at radius 1 is 1.36 bits per heavy atom. The summed E-state index contributed by atoms with van der Waals surface area (Å²) in [6.07, 6.45) is 3.90. The van der Waals surface area contributed by atoms with Crippen LogP contribution in [0.4, 0.5) is 4.39 Å². The Morgan fingerprint density at radius 2 is 2.09 bits per heavy atom. The first kappa shape index (κ1) is 16.8. The summed E-state index contributed by atoms with van der Waals surface area (Å²) in [6, 6.07) is 5.50. The molecule has 1 heterocycles. The molecule has 0 spiro atoms. The highest BCUT2D eigenvalue weighted by molar-refractivity contribution is 7.99. The number of amides is 2. The molecule has 1 saturated heterocycles. The van der Waals surface area contributed by atoms with E-state index in [0.29, 0.717) is 24.4 Å². The standard InChI is InChI=1S/C16H21FN2O2S/c1-22-11-15(20)19-8-2-3-12(10-19)9-18-16(21)13-4-6-14(17)7-5-13/h4-7,12H,2-3,8-11H2,1H3,(H,18,21)/t12-/m0/s1. The molecule has 4 nitrogen and oxygen atoms in total. The first-order valence-electron chi connectivity index (χ1n) is 7.40. The largest absolute Gasteiger partial charge is 0.352 e. The molecule has 2 rings (SSSR count). The third kappa shape index (κ3) is 4.73. The van der Waals surface area contributed by atoms with E-state index in [-0.39, 0.29) is 23.5 Å². The van der Waals surface area contributed by atoms with Crippen LogP contribution >= 0.6 is 11.8 Å². The van der Waals surface area contributed by atoms with Crippen LogP contribution in [-0.4, -0.2) is 48.4 Å². The second-order valence-corrected chi connectivity index (χ2v) is 6.36. The molecular weight excluding hydrogens is 303 g/mol. The average molecular weight is 324 g/mol. The van der Waals surface area contributed by atoms with Gasteiger partial charge in [-0.25, -0.2) is 4.39 Å². The molecule has 1 aromatic carbocycles. The lowest BCUT2D eigenvalue weighted by atomic mass is 9.98. The Labute approximate surface area is 134 Å². The summed E-state index contributed by atoms with van der Waals surface area (Å²) in [5, 5.41) is 2.88.